The van der Waals surface area contributed by atoms with E-state index in [1.54, 1.807) is 52.1 Å². The van der Waals surface area contributed by atoms with Crippen molar-refractivity contribution >= 4 is 11.8 Å². The smallest absolute Gasteiger partial charge is 0.430 e. The van der Waals surface area contributed by atoms with Gasteiger partial charge < -0.3 is 4.74 Å². The van der Waals surface area contributed by atoms with Crippen molar-refractivity contribution < 1.29 is 14.5 Å². The SMILES string of the molecule is CCN(C(=O)OC(C)(C)C)n1ccc(-c2ccc(C#N)c([N+](=O)[O-])c2)n1. The molecular weight excluding hydrogens is 338 g/mol. The first-order chi connectivity index (χ1) is 12.2. The summed E-state index contributed by atoms with van der Waals surface area (Å²) < 4.78 is 5.34. The molecule has 0 aliphatic heterocycles. The minimum absolute atomic E-state index is 0.0258. The van der Waals surface area contributed by atoms with E-state index >= 15 is 0 Å². The molecule has 1 aromatic carbocycles. The first-order valence-corrected chi connectivity index (χ1v) is 7.91. The van der Waals surface area contributed by atoms with Crippen LogP contribution in [0.4, 0.5) is 10.5 Å². The predicted molar refractivity (Wildman–Crippen MR) is 94.0 cm³/mol. The molecule has 0 aliphatic rings. The zero-order valence-corrected chi connectivity index (χ0v) is 15.0. The number of ether oxygens (including phenoxy) is 1. The van der Waals surface area contributed by atoms with Crippen LogP contribution in [0.5, 0.6) is 0 Å². The normalized spacial score (nSPS) is 10.9. The molecule has 0 atom stereocenters. The molecule has 0 N–H and O–H groups in total. The average Bonchev–Trinajstić information content (AvgIpc) is 3.02. The van der Waals surface area contributed by atoms with E-state index in [0.29, 0.717) is 17.8 Å². The molecule has 1 aromatic heterocycles. The lowest BCUT2D eigenvalue weighted by Gasteiger charge is -2.26. The number of nitrogens with zero attached hydrogens (tertiary/aromatic N) is 5. The van der Waals surface area contributed by atoms with Crippen LogP contribution in [0.3, 0.4) is 0 Å². The number of hydrogen-bond acceptors (Lipinski definition) is 6. The van der Waals surface area contributed by atoms with Crippen LogP contribution >= 0.6 is 0 Å². The highest BCUT2D eigenvalue weighted by molar-refractivity contribution is 5.78. The summed E-state index contributed by atoms with van der Waals surface area (Å²) in [6, 6.07) is 7.64. The first kappa shape index (κ1) is 18.9. The van der Waals surface area contributed by atoms with E-state index in [0.717, 1.165) is 0 Å². The van der Waals surface area contributed by atoms with Gasteiger partial charge in [0.05, 0.1) is 10.6 Å². The highest BCUT2D eigenvalue weighted by Crippen LogP contribution is 2.26. The Kier molecular flexibility index (Phi) is 5.26. The fourth-order valence-corrected chi connectivity index (χ4v) is 2.21. The van der Waals surface area contributed by atoms with Gasteiger partial charge in [0.25, 0.3) is 5.69 Å². The Labute approximate surface area is 150 Å². The second kappa shape index (κ2) is 7.23. The van der Waals surface area contributed by atoms with E-state index in [2.05, 4.69) is 5.10 Å². The standard InChI is InChI=1S/C17H19N5O4/c1-5-20(16(23)26-17(2,3)4)21-9-8-14(19-21)12-6-7-13(11-18)15(10-12)22(24)25/h6-10H,5H2,1-4H3. The maximum Gasteiger partial charge on any atom is 0.430 e. The average molecular weight is 357 g/mol. The number of hydrogen-bond donors (Lipinski definition) is 0. The molecule has 0 aliphatic carbocycles. The van der Waals surface area contributed by atoms with Crippen LogP contribution in [-0.2, 0) is 4.74 Å². The van der Waals surface area contributed by atoms with E-state index in [1.165, 1.54) is 21.9 Å². The van der Waals surface area contributed by atoms with Gasteiger partial charge >= 0.3 is 6.09 Å². The highest BCUT2D eigenvalue weighted by atomic mass is 16.6. The molecule has 0 bridgehead atoms. The highest BCUT2D eigenvalue weighted by Gasteiger charge is 2.23. The Morgan fingerprint density at radius 3 is 2.65 bits per heavy atom. The molecule has 2 aromatic rings. The van der Waals surface area contributed by atoms with Gasteiger partial charge in [0.1, 0.15) is 17.2 Å². The zero-order valence-electron chi connectivity index (χ0n) is 15.0. The number of nitro groups is 1. The number of aromatic nitrogens is 2. The quantitative estimate of drug-likeness (QED) is 0.613. The Hall–Kier alpha value is -3.41. The van der Waals surface area contributed by atoms with Crippen molar-refractivity contribution in [3.8, 4) is 17.3 Å². The van der Waals surface area contributed by atoms with Gasteiger partial charge in [0.2, 0.25) is 0 Å². The molecule has 0 fully saturated rings. The molecule has 0 spiro atoms. The summed E-state index contributed by atoms with van der Waals surface area (Å²) in [4.78, 5) is 24.1. The Morgan fingerprint density at radius 2 is 2.12 bits per heavy atom. The maximum atomic E-state index is 12.3. The van der Waals surface area contributed by atoms with Crippen LogP contribution in [0.1, 0.15) is 33.3 Å². The monoisotopic (exact) mass is 357 g/mol. The number of amides is 1. The fraction of sp³-hybridized carbons (Fsp3) is 0.353. The van der Waals surface area contributed by atoms with Gasteiger partial charge in [-0.15, -0.1) is 0 Å². The van der Waals surface area contributed by atoms with Crippen LogP contribution in [0.2, 0.25) is 0 Å². The molecule has 2 rings (SSSR count). The van der Waals surface area contributed by atoms with Crippen LogP contribution in [0, 0.1) is 21.4 Å². The fourth-order valence-electron chi connectivity index (χ4n) is 2.21. The van der Waals surface area contributed by atoms with E-state index < -0.39 is 16.6 Å². The molecule has 9 nitrogen and oxygen atoms in total. The zero-order chi connectivity index (χ0) is 19.5. The second-order valence-electron chi connectivity index (χ2n) is 6.42. The van der Waals surface area contributed by atoms with Gasteiger partial charge in [0, 0.05) is 24.4 Å². The Morgan fingerprint density at radius 1 is 1.42 bits per heavy atom. The Bertz CT molecular complexity index is 876. The van der Waals surface area contributed by atoms with Crippen molar-refractivity contribution in [1.82, 2.24) is 9.89 Å². The summed E-state index contributed by atoms with van der Waals surface area (Å²) in [6.07, 6.45) is 1.01. The van der Waals surface area contributed by atoms with Crippen molar-refractivity contribution in [3.63, 3.8) is 0 Å². The summed E-state index contributed by atoms with van der Waals surface area (Å²) in [5.74, 6) is 0. The summed E-state index contributed by atoms with van der Waals surface area (Å²) in [5.41, 5.74) is -0.0655. The molecule has 0 saturated carbocycles. The van der Waals surface area contributed by atoms with E-state index in [1.807, 2.05) is 0 Å². The van der Waals surface area contributed by atoms with Gasteiger partial charge in [-0.05, 0) is 39.8 Å². The predicted octanol–water partition coefficient (Wildman–Crippen LogP) is 3.22. The van der Waals surface area contributed by atoms with Crippen molar-refractivity contribution in [1.29, 1.82) is 5.26 Å². The number of nitriles is 1. The molecule has 26 heavy (non-hydrogen) atoms. The number of carbonyl (C=O) groups is 1. The number of nitro benzene ring substituents is 1. The first-order valence-electron chi connectivity index (χ1n) is 7.91. The third kappa shape index (κ3) is 4.16. The van der Waals surface area contributed by atoms with Crippen LogP contribution in [0.25, 0.3) is 11.3 Å². The largest absolute Gasteiger partial charge is 0.442 e. The third-order valence-electron chi connectivity index (χ3n) is 3.34. The molecule has 1 heterocycles. The lowest BCUT2D eigenvalue weighted by Crippen LogP contribution is -2.44. The van der Waals surface area contributed by atoms with Gasteiger partial charge in [-0.25, -0.2) is 4.79 Å². The van der Waals surface area contributed by atoms with Crippen molar-refractivity contribution in [2.45, 2.75) is 33.3 Å². The van der Waals surface area contributed by atoms with Crippen LogP contribution in [-0.4, -0.2) is 33.1 Å². The van der Waals surface area contributed by atoms with E-state index in [9.17, 15) is 14.9 Å². The lowest BCUT2D eigenvalue weighted by atomic mass is 10.1. The number of rotatable bonds is 4. The van der Waals surface area contributed by atoms with Gasteiger partial charge in [-0.1, -0.05) is 6.07 Å². The third-order valence-corrected chi connectivity index (χ3v) is 3.34. The van der Waals surface area contributed by atoms with Crippen molar-refractivity contribution in [3.05, 3.63) is 46.1 Å². The maximum absolute atomic E-state index is 12.3. The number of carbonyl (C=O) groups excluding carboxylic acids is 1. The molecule has 0 radical (unpaired) electrons. The topological polar surface area (TPSA) is 114 Å². The summed E-state index contributed by atoms with van der Waals surface area (Å²) in [6.45, 7) is 7.40. The minimum Gasteiger partial charge on any atom is -0.442 e. The van der Waals surface area contributed by atoms with E-state index in [4.69, 9.17) is 10.00 Å². The van der Waals surface area contributed by atoms with Gasteiger partial charge in [0.15, 0.2) is 0 Å². The molecule has 1 amide bonds. The molecule has 0 unspecified atom stereocenters. The summed E-state index contributed by atoms with van der Waals surface area (Å²) in [7, 11) is 0. The lowest BCUT2D eigenvalue weighted by molar-refractivity contribution is -0.385. The summed E-state index contributed by atoms with van der Waals surface area (Å²) >= 11 is 0. The van der Waals surface area contributed by atoms with E-state index in [-0.39, 0.29) is 11.3 Å². The van der Waals surface area contributed by atoms with Crippen molar-refractivity contribution in [2.75, 3.05) is 11.6 Å². The summed E-state index contributed by atoms with van der Waals surface area (Å²) in [5, 5.41) is 25.7. The Balaban J connectivity index is 2.34. The molecule has 136 valence electrons. The van der Waals surface area contributed by atoms with Crippen LogP contribution < -0.4 is 5.01 Å². The molecular formula is C17H19N5O4. The van der Waals surface area contributed by atoms with Crippen LogP contribution in [0.15, 0.2) is 30.5 Å². The van der Waals surface area contributed by atoms with Crippen molar-refractivity contribution in [2.24, 2.45) is 0 Å². The molecule has 0 saturated heterocycles. The van der Waals surface area contributed by atoms with Gasteiger partial charge in [-0.3, -0.25) is 10.1 Å². The second-order valence-corrected chi connectivity index (χ2v) is 6.42. The minimum atomic E-state index is -0.645. The number of benzene rings is 1. The molecule has 9 heteroatoms. The van der Waals surface area contributed by atoms with Gasteiger partial charge in [-0.2, -0.15) is 20.2 Å².